The molecule has 0 saturated carbocycles. The fraction of sp³-hybridized carbons (Fsp3) is 0.585. The zero-order valence-electron chi connectivity index (χ0n) is 34.7. The van der Waals surface area contributed by atoms with Gasteiger partial charge < -0.3 is 52.4 Å². The van der Waals surface area contributed by atoms with Crippen LogP contribution in [0, 0.1) is 23.7 Å². The molecule has 0 radical (unpaired) electrons. The Kier molecular flexibility index (Phi) is 15.7. The van der Waals surface area contributed by atoms with Crippen LogP contribution in [0.1, 0.15) is 65.4 Å². The van der Waals surface area contributed by atoms with Gasteiger partial charge in [-0.1, -0.05) is 45.4 Å². The summed E-state index contributed by atoms with van der Waals surface area (Å²) in [5.41, 5.74) is 6.78. The van der Waals surface area contributed by atoms with Gasteiger partial charge in [0, 0.05) is 60.7 Å². The first kappa shape index (κ1) is 46.7. The molecule has 0 spiro atoms. The van der Waals surface area contributed by atoms with E-state index in [1.54, 1.807) is 38.1 Å². The Morgan fingerprint density at radius 1 is 0.869 bits per heavy atom. The van der Waals surface area contributed by atoms with E-state index in [9.17, 15) is 53.4 Å². The van der Waals surface area contributed by atoms with Crippen LogP contribution in [0.3, 0.4) is 0 Å². The van der Waals surface area contributed by atoms with Gasteiger partial charge >= 0.3 is 0 Å². The molecule has 1 saturated heterocycles. The number of amides is 7. The van der Waals surface area contributed by atoms with Crippen LogP contribution in [-0.4, -0.2) is 135 Å². The third kappa shape index (κ3) is 11.5. The number of H-pyrrole nitrogens is 1. The van der Waals surface area contributed by atoms with Crippen molar-refractivity contribution in [3.8, 4) is 0 Å². The second-order valence-corrected chi connectivity index (χ2v) is 17.4. The summed E-state index contributed by atoms with van der Waals surface area (Å²) in [4.78, 5) is 128. The van der Waals surface area contributed by atoms with Crippen molar-refractivity contribution < 1.29 is 53.4 Å². The number of primary amides is 1. The first-order chi connectivity index (χ1) is 28.9. The summed E-state index contributed by atoms with van der Waals surface area (Å²) < 4.78 is 0. The molecule has 1 fully saturated rings. The number of carbonyl (C=O) groups is 9. The molecule has 19 nitrogen and oxygen atoms in total. The Labute approximate surface area is 356 Å². The third-order valence-corrected chi connectivity index (χ3v) is 13.0. The molecular formula is C41H56N8O11S. The van der Waals surface area contributed by atoms with Crippen molar-refractivity contribution in [2.45, 2.75) is 108 Å². The van der Waals surface area contributed by atoms with Gasteiger partial charge in [-0.05, 0) is 30.9 Å². The number of hydrogen-bond donors (Lipinski definition) is 9. The van der Waals surface area contributed by atoms with E-state index in [1.165, 1.54) is 13.8 Å². The fourth-order valence-corrected chi connectivity index (χ4v) is 9.12. The van der Waals surface area contributed by atoms with Gasteiger partial charge in [0.2, 0.25) is 41.4 Å². The average Bonchev–Trinajstić information content (AvgIpc) is 3.78. The number of Topliss-reactive ketones (excluding diaryl/α,β-unsaturated/α-hetero) is 2. The molecule has 10 N–H and O–H groups in total. The Bertz CT molecular complexity index is 2040. The summed E-state index contributed by atoms with van der Waals surface area (Å²) in [6.45, 7) is 4.96. The molecule has 7 amide bonds. The molecule has 2 aromatic rings. The summed E-state index contributed by atoms with van der Waals surface area (Å²) in [6.07, 6.45) is -3.97. The highest BCUT2D eigenvalue weighted by atomic mass is 32.2. The second-order valence-electron chi connectivity index (χ2n) is 16.4. The van der Waals surface area contributed by atoms with Gasteiger partial charge in [0.15, 0.2) is 11.6 Å². The van der Waals surface area contributed by atoms with E-state index in [0.717, 1.165) is 16.7 Å². The number of benzene rings is 1. The van der Waals surface area contributed by atoms with Gasteiger partial charge in [-0.3, -0.25) is 43.2 Å². The van der Waals surface area contributed by atoms with Gasteiger partial charge in [-0.15, -0.1) is 11.8 Å². The van der Waals surface area contributed by atoms with Crippen LogP contribution in [0.25, 0.3) is 10.9 Å². The minimum Gasteiger partial charge on any atom is -0.393 e. The molecule has 2 bridgehead atoms. The Morgan fingerprint density at radius 2 is 1.54 bits per heavy atom. The molecule has 3 unspecified atom stereocenters. The lowest BCUT2D eigenvalue weighted by atomic mass is 9.86. The molecule has 332 valence electrons. The quantitative estimate of drug-likeness (QED) is 0.162. The number of aromatic nitrogens is 1. The van der Waals surface area contributed by atoms with E-state index in [-0.39, 0.29) is 25.1 Å². The minimum atomic E-state index is -1.42. The minimum absolute atomic E-state index is 0.0874. The number of aliphatic hydroxyl groups is 2. The molecular weight excluding hydrogens is 813 g/mol. The molecule has 4 heterocycles. The summed E-state index contributed by atoms with van der Waals surface area (Å²) in [5, 5.41) is 35.6. The topological polar surface area (TPSA) is 299 Å². The van der Waals surface area contributed by atoms with Crippen LogP contribution in [0.15, 0.2) is 29.3 Å². The molecule has 3 aliphatic heterocycles. The maximum Gasteiger partial charge on any atom is 0.243 e. The number of thioether (sulfide) groups is 1. The highest BCUT2D eigenvalue weighted by Gasteiger charge is 2.44. The maximum absolute atomic E-state index is 14.5. The Morgan fingerprint density at radius 3 is 2.21 bits per heavy atom. The number of hydrogen-bond acceptors (Lipinski definition) is 12. The fourth-order valence-electron chi connectivity index (χ4n) is 7.97. The van der Waals surface area contributed by atoms with Crippen molar-refractivity contribution in [1.29, 1.82) is 0 Å². The molecule has 1 aromatic heterocycles. The van der Waals surface area contributed by atoms with E-state index >= 15 is 0 Å². The Hall–Kier alpha value is -5.34. The number of aliphatic hydroxyl groups excluding tert-OH is 2. The second kappa shape index (κ2) is 20.5. The van der Waals surface area contributed by atoms with Gasteiger partial charge in [0.05, 0.1) is 48.3 Å². The normalized spacial score (nSPS) is 28.4. The van der Waals surface area contributed by atoms with Crippen LogP contribution >= 0.6 is 11.8 Å². The van der Waals surface area contributed by atoms with Crippen molar-refractivity contribution in [2.24, 2.45) is 29.4 Å². The molecule has 1 aromatic carbocycles. The summed E-state index contributed by atoms with van der Waals surface area (Å²) in [6, 6.07) is 1.94. The zero-order chi connectivity index (χ0) is 44.7. The highest BCUT2D eigenvalue weighted by molar-refractivity contribution is 7.99. The average molecular weight is 869 g/mol. The molecule has 3 aliphatic rings. The molecule has 61 heavy (non-hydrogen) atoms. The molecule has 20 heteroatoms. The van der Waals surface area contributed by atoms with Crippen LogP contribution in [0.2, 0.25) is 0 Å². The lowest BCUT2D eigenvalue weighted by molar-refractivity contribution is -0.145. The van der Waals surface area contributed by atoms with Crippen molar-refractivity contribution >= 4 is 75.6 Å². The van der Waals surface area contributed by atoms with Crippen LogP contribution < -0.4 is 32.3 Å². The van der Waals surface area contributed by atoms with Crippen molar-refractivity contribution in [3.63, 3.8) is 0 Å². The Balaban J connectivity index is 1.68. The van der Waals surface area contributed by atoms with Gasteiger partial charge in [-0.25, -0.2) is 0 Å². The lowest BCUT2D eigenvalue weighted by Gasteiger charge is -2.32. The van der Waals surface area contributed by atoms with E-state index < -0.39 is 145 Å². The third-order valence-electron chi connectivity index (χ3n) is 11.9. The summed E-state index contributed by atoms with van der Waals surface area (Å²) >= 11 is 1.12. The standard InChI is InChI=1S/C41H56N8O11S/c1-5-19(2)35-39(59)44-15-33(55)45-28-18-61-40-26(25-8-6-7-9-27(25)46-40)10-22(37(57)43-16-34(56)47-35)11-31(53)36(20(3)21(4)50)48-38(58)29-14-24(51)17-49(29)41(60)23(12-30(28)52)13-32(42)54/h6-9,19-24,28-29,35-36,46,50-51H,5,10-18H2,1-4H3,(H2,42,54)(H,43,57)(H,44,59)(H,45,55)(H,47,56)(H,48,58)/t19-,20-,21-,22?,23-,24?,28?,29-,35-,36-/m0/s1. The number of fused-ring (bicyclic) bond motifs is 5. The first-order valence-electron chi connectivity index (χ1n) is 20.6. The maximum atomic E-state index is 14.5. The highest BCUT2D eigenvalue weighted by Crippen LogP contribution is 2.34. The molecule has 5 rings (SSSR count). The smallest absolute Gasteiger partial charge is 0.243 e. The van der Waals surface area contributed by atoms with Gasteiger partial charge in [-0.2, -0.15) is 0 Å². The van der Waals surface area contributed by atoms with Crippen LogP contribution in [-0.2, 0) is 49.6 Å². The monoisotopic (exact) mass is 868 g/mol. The number of ketones is 2. The van der Waals surface area contributed by atoms with Crippen LogP contribution in [0.4, 0.5) is 0 Å². The van der Waals surface area contributed by atoms with Gasteiger partial charge in [0.25, 0.3) is 0 Å². The van der Waals surface area contributed by atoms with Crippen molar-refractivity contribution in [1.82, 2.24) is 36.5 Å². The largest absolute Gasteiger partial charge is 0.393 e. The summed E-state index contributed by atoms with van der Waals surface area (Å²) in [5.74, 6) is -10.9. The van der Waals surface area contributed by atoms with E-state index in [2.05, 4.69) is 31.6 Å². The number of nitrogens with zero attached hydrogens (tertiary/aromatic N) is 1. The predicted octanol–water partition coefficient (Wildman–Crippen LogP) is -1.43. The number of para-hydroxylation sites is 1. The number of carbonyl (C=O) groups excluding carboxylic acids is 9. The van der Waals surface area contributed by atoms with Crippen LogP contribution in [0.5, 0.6) is 0 Å². The zero-order valence-corrected chi connectivity index (χ0v) is 35.5. The number of nitrogens with two attached hydrogens (primary N) is 1. The molecule has 10 atom stereocenters. The molecule has 0 aliphatic carbocycles. The van der Waals surface area contributed by atoms with E-state index in [4.69, 9.17) is 5.73 Å². The van der Waals surface area contributed by atoms with Crippen molar-refractivity contribution in [2.75, 3.05) is 25.4 Å². The SMILES string of the molecule is CC[C@H](C)[C@@H]1NC(=O)CNC(=O)C2CC(=O)[C@H]([C@@H](C)[C@H](C)O)NC(=O)[C@@H]3CC(O)CN3C(=O)[C@H](CC(N)=O)CC(=O)C(CSc3[nH]c4ccccc4c3C2)NC(=O)CNC1=O. The van der Waals surface area contributed by atoms with Gasteiger partial charge in [0.1, 0.15) is 12.1 Å². The van der Waals surface area contributed by atoms with Crippen molar-refractivity contribution in [3.05, 3.63) is 29.8 Å². The lowest BCUT2D eigenvalue weighted by Crippen LogP contribution is -2.56. The first-order valence-corrected chi connectivity index (χ1v) is 21.5. The predicted molar refractivity (Wildman–Crippen MR) is 221 cm³/mol. The number of aromatic amines is 1. The van der Waals surface area contributed by atoms with E-state index in [0.29, 0.717) is 27.9 Å². The van der Waals surface area contributed by atoms with E-state index in [1.807, 2.05) is 0 Å². The summed E-state index contributed by atoms with van der Waals surface area (Å²) in [7, 11) is 0. The number of nitrogens with one attached hydrogen (secondary N) is 6. The number of rotatable bonds is 6.